The molecule has 0 radical (unpaired) electrons. The second-order valence-corrected chi connectivity index (χ2v) is 6.59. The van der Waals surface area contributed by atoms with Gasteiger partial charge in [-0.1, -0.05) is 12.8 Å². The smallest absolute Gasteiger partial charge is 0.385 e. The van der Waals surface area contributed by atoms with E-state index in [2.05, 4.69) is 15.4 Å². The van der Waals surface area contributed by atoms with Crippen molar-refractivity contribution in [2.45, 2.75) is 51.6 Å². The van der Waals surface area contributed by atoms with Crippen molar-refractivity contribution < 1.29 is 22.6 Å². The van der Waals surface area contributed by atoms with Crippen molar-refractivity contribution in [1.29, 1.82) is 0 Å². The third-order valence-corrected chi connectivity index (χ3v) is 4.44. The molecule has 1 saturated carbocycles. The highest BCUT2D eigenvalue weighted by Crippen LogP contribution is 2.41. The first-order chi connectivity index (χ1) is 11.9. The monoisotopic (exact) mass is 367 g/mol. The Bertz CT molecular complexity index is 384. The number of ether oxygens (including phenoxy) is 2. The minimum atomic E-state index is -4.26. The Hall–Kier alpha value is -1.02. The van der Waals surface area contributed by atoms with Gasteiger partial charge in [0.05, 0.1) is 0 Å². The topological polar surface area (TPSA) is 54.9 Å². The van der Waals surface area contributed by atoms with Crippen LogP contribution >= 0.6 is 0 Å². The lowest BCUT2D eigenvalue weighted by Crippen LogP contribution is -2.39. The summed E-state index contributed by atoms with van der Waals surface area (Å²) in [5.41, 5.74) is 0.216. The summed E-state index contributed by atoms with van der Waals surface area (Å²) in [6.07, 6.45) is 2.06. The Morgan fingerprint density at radius 3 is 2.48 bits per heavy atom. The molecule has 1 aliphatic carbocycles. The summed E-state index contributed by atoms with van der Waals surface area (Å²) in [5.74, 6) is 0.710. The van der Waals surface area contributed by atoms with Gasteiger partial charge >= 0.3 is 6.18 Å². The standard InChI is InChI=1S/C17H32F3N3O2/c1-3-21-15(22-10-6-11-25-14-17(18,19)20)23-13-16(9-12-24-2)7-4-5-8-16/h3-14H2,1-2H3,(H2,21,22,23). The maximum absolute atomic E-state index is 12.0. The number of nitrogens with zero attached hydrogens (tertiary/aromatic N) is 1. The zero-order valence-electron chi connectivity index (χ0n) is 15.4. The zero-order chi connectivity index (χ0) is 18.6. The Labute approximate surface area is 148 Å². The van der Waals surface area contributed by atoms with E-state index in [0.29, 0.717) is 18.9 Å². The van der Waals surface area contributed by atoms with Gasteiger partial charge in [-0.05, 0) is 38.0 Å². The molecule has 0 amide bonds. The number of alkyl halides is 3. The summed E-state index contributed by atoms with van der Waals surface area (Å²) in [4.78, 5) is 4.70. The molecule has 5 nitrogen and oxygen atoms in total. The highest BCUT2D eigenvalue weighted by atomic mass is 19.4. The van der Waals surface area contributed by atoms with E-state index in [4.69, 9.17) is 9.73 Å². The minimum absolute atomic E-state index is 0.0731. The molecule has 0 aromatic heterocycles. The van der Waals surface area contributed by atoms with Crippen LogP contribution in [0.5, 0.6) is 0 Å². The van der Waals surface area contributed by atoms with E-state index in [9.17, 15) is 13.2 Å². The van der Waals surface area contributed by atoms with Crippen molar-refractivity contribution in [3.05, 3.63) is 0 Å². The Morgan fingerprint density at radius 2 is 1.88 bits per heavy atom. The van der Waals surface area contributed by atoms with Crippen molar-refractivity contribution in [3.63, 3.8) is 0 Å². The van der Waals surface area contributed by atoms with Gasteiger partial charge in [0.15, 0.2) is 5.96 Å². The van der Waals surface area contributed by atoms with E-state index in [0.717, 1.165) is 26.1 Å². The highest BCUT2D eigenvalue weighted by Gasteiger charge is 2.33. The van der Waals surface area contributed by atoms with E-state index >= 15 is 0 Å². The first-order valence-electron chi connectivity index (χ1n) is 9.06. The molecule has 2 N–H and O–H groups in total. The molecule has 148 valence electrons. The SMILES string of the molecule is CCNC(=NCC1(CCOC)CCCC1)NCCCOCC(F)(F)F. The largest absolute Gasteiger partial charge is 0.411 e. The molecule has 0 aromatic carbocycles. The van der Waals surface area contributed by atoms with Crippen LogP contribution in [-0.2, 0) is 9.47 Å². The third-order valence-electron chi connectivity index (χ3n) is 4.44. The number of guanidine groups is 1. The Balaban J connectivity index is 2.37. The fourth-order valence-electron chi connectivity index (χ4n) is 3.09. The molecular formula is C17H32F3N3O2. The van der Waals surface area contributed by atoms with Gasteiger partial charge < -0.3 is 20.1 Å². The molecule has 0 saturated heterocycles. The predicted molar refractivity (Wildman–Crippen MR) is 92.9 cm³/mol. The molecule has 0 heterocycles. The molecular weight excluding hydrogens is 335 g/mol. The lowest BCUT2D eigenvalue weighted by molar-refractivity contribution is -0.173. The maximum Gasteiger partial charge on any atom is 0.411 e. The fourth-order valence-corrected chi connectivity index (χ4v) is 3.09. The second kappa shape index (κ2) is 11.6. The van der Waals surface area contributed by atoms with Crippen LogP contribution in [-0.4, -0.2) is 58.7 Å². The summed E-state index contributed by atoms with van der Waals surface area (Å²) in [6.45, 7) is 3.62. The number of rotatable bonds is 11. The molecule has 0 bridgehead atoms. The van der Waals surface area contributed by atoms with Gasteiger partial charge in [-0.3, -0.25) is 4.99 Å². The first-order valence-corrected chi connectivity index (χ1v) is 9.06. The molecule has 0 spiro atoms. The van der Waals surface area contributed by atoms with Gasteiger partial charge in [0.1, 0.15) is 6.61 Å². The van der Waals surface area contributed by atoms with Crippen molar-refractivity contribution >= 4 is 5.96 Å². The van der Waals surface area contributed by atoms with Crippen LogP contribution in [0.3, 0.4) is 0 Å². The molecule has 0 aromatic rings. The zero-order valence-corrected chi connectivity index (χ0v) is 15.4. The quantitative estimate of drug-likeness (QED) is 0.335. The van der Waals surface area contributed by atoms with Crippen LogP contribution in [0.2, 0.25) is 0 Å². The molecule has 0 aliphatic heterocycles. The molecule has 1 rings (SSSR count). The molecule has 1 aliphatic rings. The van der Waals surface area contributed by atoms with Gasteiger partial charge in [0.2, 0.25) is 0 Å². The number of nitrogens with one attached hydrogen (secondary N) is 2. The summed E-state index contributed by atoms with van der Waals surface area (Å²) in [6, 6.07) is 0. The summed E-state index contributed by atoms with van der Waals surface area (Å²) < 4.78 is 45.8. The van der Waals surface area contributed by atoms with E-state index in [1.165, 1.54) is 25.7 Å². The average molecular weight is 367 g/mol. The van der Waals surface area contributed by atoms with Crippen LogP contribution < -0.4 is 10.6 Å². The predicted octanol–water partition coefficient (Wildman–Crippen LogP) is 3.11. The van der Waals surface area contributed by atoms with Gasteiger partial charge in [-0.25, -0.2) is 0 Å². The summed E-state index contributed by atoms with van der Waals surface area (Å²) in [5, 5.41) is 6.34. The highest BCUT2D eigenvalue weighted by molar-refractivity contribution is 5.79. The lowest BCUT2D eigenvalue weighted by atomic mass is 9.83. The summed E-state index contributed by atoms with van der Waals surface area (Å²) in [7, 11) is 1.72. The van der Waals surface area contributed by atoms with Crippen molar-refractivity contribution in [3.8, 4) is 0 Å². The van der Waals surface area contributed by atoms with Gasteiger partial charge in [-0.15, -0.1) is 0 Å². The normalized spacial score (nSPS) is 17.7. The molecule has 25 heavy (non-hydrogen) atoms. The fraction of sp³-hybridized carbons (Fsp3) is 0.941. The Morgan fingerprint density at radius 1 is 1.16 bits per heavy atom. The van der Waals surface area contributed by atoms with Gasteiger partial charge in [0.25, 0.3) is 0 Å². The van der Waals surface area contributed by atoms with Crippen LogP contribution in [0.4, 0.5) is 13.2 Å². The number of hydrogen-bond acceptors (Lipinski definition) is 3. The first kappa shape index (κ1) is 22.0. The van der Waals surface area contributed by atoms with E-state index in [1.54, 1.807) is 7.11 Å². The number of halogens is 3. The van der Waals surface area contributed by atoms with Gasteiger partial charge in [-0.2, -0.15) is 13.2 Å². The number of aliphatic imine (C=N–C) groups is 1. The molecule has 0 unspecified atom stereocenters. The average Bonchev–Trinajstić information content (AvgIpc) is 3.02. The van der Waals surface area contributed by atoms with Crippen molar-refractivity contribution in [1.82, 2.24) is 10.6 Å². The van der Waals surface area contributed by atoms with Crippen LogP contribution in [0.25, 0.3) is 0 Å². The van der Waals surface area contributed by atoms with Gasteiger partial charge in [0, 0.05) is 40.0 Å². The Kier molecular flexibility index (Phi) is 10.2. The molecule has 0 atom stereocenters. The number of hydrogen-bond donors (Lipinski definition) is 2. The van der Waals surface area contributed by atoms with Crippen molar-refractivity contribution in [2.75, 3.05) is 46.6 Å². The molecule has 8 heteroatoms. The molecule has 1 fully saturated rings. The van der Waals surface area contributed by atoms with Crippen LogP contribution in [0.1, 0.15) is 45.4 Å². The second-order valence-electron chi connectivity index (χ2n) is 6.59. The van der Waals surface area contributed by atoms with E-state index < -0.39 is 12.8 Å². The summed E-state index contributed by atoms with van der Waals surface area (Å²) >= 11 is 0. The minimum Gasteiger partial charge on any atom is -0.385 e. The maximum atomic E-state index is 12.0. The van der Waals surface area contributed by atoms with Crippen molar-refractivity contribution in [2.24, 2.45) is 10.4 Å². The van der Waals surface area contributed by atoms with Crippen LogP contribution in [0, 0.1) is 5.41 Å². The lowest BCUT2D eigenvalue weighted by Gasteiger charge is -2.27. The van der Waals surface area contributed by atoms with E-state index in [1.807, 2.05) is 6.92 Å². The third kappa shape index (κ3) is 9.89. The van der Waals surface area contributed by atoms with Crippen LogP contribution in [0.15, 0.2) is 4.99 Å². The number of methoxy groups -OCH3 is 1. The van der Waals surface area contributed by atoms with E-state index in [-0.39, 0.29) is 12.0 Å².